The van der Waals surface area contributed by atoms with Gasteiger partial charge >= 0.3 is 0 Å². The van der Waals surface area contributed by atoms with Crippen molar-refractivity contribution in [3.8, 4) is 0 Å². The molecule has 4 nitrogen and oxygen atoms in total. The molecule has 0 amide bonds. The van der Waals surface area contributed by atoms with Gasteiger partial charge in [0, 0.05) is 18.4 Å². The molecule has 0 aliphatic rings. The van der Waals surface area contributed by atoms with E-state index in [0.717, 1.165) is 30.9 Å². The minimum atomic E-state index is -0.112. The largest absolute Gasteiger partial charge is 0.394 e. The second kappa shape index (κ2) is 8.32. The third-order valence-electron chi connectivity index (χ3n) is 2.75. The van der Waals surface area contributed by atoms with Gasteiger partial charge in [0.15, 0.2) is 0 Å². The minimum Gasteiger partial charge on any atom is -0.394 e. The van der Waals surface area contributed by atoms with Crippen LogP contribution in [-0.4, -0.2) is 29.3 Å². The van der Waals surface area contributed by atoms with Gasteiger partial charge in [0.2, 0.25) is 0 Å². The Hall–Kier alpha value is -1.81. The topological polar surface area (TPSA) is 57.2 Å². The average molecular weight is 261 g/mol. The monoisotopic (exact) mass is 261 g/mol. The lowest BCUT2D eigenvalue weighted by atomic mass is 10.2. The van der Waals surface area contributed by atoms with Crippen molar-refractivity contribution in [3.05, 3.63) is 48.8 Å². The lowest BCUT2D eigenvalue weighted by Crippen LogP contribution is -2.29. The van der Waals surface area contributed by atoms with E-state index in [-0.39, 0.29) is 12.6 Å². The van der Waals surface area contributed by atoms with Crippen molar-refractivity contribution in [2.75, 3.05) is 18.5 Å². The third kappa shape index (κ3) is 6.06. The Kier molecular flexibility index (Phi) is 6.68. The lowest BCUT2D eigenvalue weighted by molar-refractivity contribution is 0.270. The highest BCUT2D eigenvalue weighted by Crippen LogP contribution is 2.06. The summed E-state index contributed by atoms with van der Waals surface area (Å²) >= 11 is 0. The molecule has 3 N–H and O–H groups in total. The molecule has 0 aromatic carbocycles. The number of hydrogen-bond donors (Lipinski definition) is 3. The summed E-state index contributed by atoms with van der Waals surface area (Å²) in [6, 6.07) is 3.88. The number of aryl methyl sites for hydroxylation is 1. The summed E-state index contributed by atoms with van der Waals surface area (Å²) in [7, 11) is 0. The first-order valence-electron chi connectivity index (χ1n) is 6.50. The summed E-state index contributed by atoms with van der Waals surface area (Å²) < 4.78 is 0. The zero-order valence-electron chi connectivity index (χ0n) is 11.5. The van der Waals surface area contributed by atoms with Gasteiger partial charge in [-0.25, -0.2) is 4.98 Å². The highest BCUT2D eigenvalue weighted by Gasteiger charge is 2.02. The number of rotatable bonds is 9. The molecule has 1 atom stereocenters. The fourth-order valence-corrected chi connectivity index (χ4v) is 1.66. The maximum absolute atomic E-state index is 9.03. The fraction of sp³-hybridized carbons (Fsp3) is 0.400. The van der Waals surface area contributed by atoms with Gasteiger partial charge in [0.1, 0.15) is 5.82 Å². The van der Waals surface area contributed by atoms with Crippen LogP contribution in [0, 0.1) is 6.92 Å². The van der Waals surface area contributed by atoms with E-state index in [4.69, 9.17) is 5.11 Å². The first kappa shape index (κ1) is 15.2. The second-order valence-corrected chi connectivity index (χ2v) is 4.52. The highest BCUT2D eigenvalue weighted by atomic mass is 16.3. The number of aliphatic hydroxyl groups is 1. The van der Waals surface area contributed by atoms with Crippen LogP contribution in [0.1, 0.15) is 18.4 Å². The number of aliphatic hydroxyl groups excluding tert-OH is 1. The lowest BCUT2D eigenvalue weighted by Gasteiger charge is -2.15. The van der Waals surface area contributed by atoms with Crippen LogP contribution in [0.25, 0.3) is 0 Å². The number of aromatic nitrogens is 1. The van der Waals surface area contributed by atoms with Crippen molar-refractivity contribution >= 4 is 5.82 Å². The van der Waals surface area contributed by atoms with Crippen molar-refractivity contribution in [3.63, 3.8) is 0 Å². The van der Waals surface area contributed by atoms with E-state index in [1.54, 1.807) is 12.3 Å². The van der Waals surface area contributed by atoms with E-state index in [9.17, 15) is 0 Å². The molecule has 0 aliphatic heterocycles. The van der Waals surface area contributed by atoms with Crippen LogP contribution in [0.4, 0.5) is 5.82 Å². The van der Waals surface area contributed by atoms with E-state index in [1.807, 2.05) is 19.1 Å². The minimum absolute atomic E-state index is 0.0357. The zero-order valence-corrected chi connectivity index (χ0v) is 11.5. The quantitative estimate of drug-likeness (QED) is 0.471. The standard InChI is InChI=1S/C15H23N3O/c1-4-14(11-19)18-13(3)6-5-8-16-15-10-12(2)7-9-17-15/h4,7,9-10,14,18-19H,1,3,5-6,8,11H2,2H3,(H,16,17). The molecule has 0 bridgehead atoms. The third-order valence-corrected chi connectivity index (χ3v) is 2.75. The Balaban J connectivity index is 2.20. The molecule has 19 heavy (non-hydrogen) atoms. The number of pyridine rings is 1. The van der Waals surface area contributed by atoms with Gasteiger partial charge in [0.05, 0.1) is 12.6 Å². The summed E-state index contributed by atoms with van der Waals surface area (Å²) in [6.45, 7) is 10.5. The smallest absolute Gasteiger partial charge is 0.126 e. The van der Waals surface area contributed by atoms with Crippen molar-refractivity contribution in [2.24, 2.45) is 0 Å². The van der Waals surface area contributed by atoms with Crippen LogP contribution >= 0.6 is 0 Å². The van der Waals surface area contributed by atoms with Crippen molar-refractivity contribution in [2.45, 2.75) is 25.8 Å². The molecule has 1 aromatic heterocycles. The fourth-order valence-electron chi connectivity index (χ4n) is 1.66. The van der Waals surface area contributed by atoms with Gasteiger partial charge in [-0.15, -0.1) is 6.58 Å². The van der Waals surface area contributed by atoms with E-state index >= 15 is 0 Å². The summed E-state index contributed by atoms with van der Waals surface area (Å²) in [4.78, 5) is 4.24. The Labute approximate surface area is 115 Å². The number of allylic oxidation sites excluding steroid dienone is 1. The molecule has 1 heterocycles. The van der Waals surface area contributed by atoms with Gasteiger partial charge in [-0.3, -0.25) is 0 Å². The summed E-state index contributed by atoms with van der Waals surface area (Å²) in [5.41, 5.74) is 2.11. The average Bonchev–Trinajstić information content (AvgIpc) is 2.41. The first-order valence-corrected chi connectivity index (χ1v) is 6.50. The molecule has 1 aromatic rings. The Morgan fingerprint density at radius 1 is 1.58 bits per heavy atom. The van der Waals surface area contributed by atoms with Crippen LogP contribution < -0.4 is 10.6 Å². The molecule has 0 radical (unpaired) electrons. The van der Waals surface area contributed by atoms with Gasteiger partial charge in [-0.2, -0.15) is 0 Å². The second-order valence-electron chi connectivity index (χ2n) is 4.52. The SMILES string of the molecule is C=CC(CO)NC(=C)CCCNc1cc(C)ccn1. The Morgan fingerprint density at radius 2 is 2.37 bits per heavy atom. The predicted octanol–water partition coefficient (Wildman–Crippen LogP) is 2.23. The summed E-state index contributed by atoms with van der Waals surface area (Å²) in [6.07, 6.45) is 5.29. The number of nitrogens with one attached hydrogen (secondary N) is 2. The predicted molar refractivity (Wildman–Crippen MR) is 80.0 cm³/mol. The van der Waals surface area contributed by atoms with Gasteiger partial charge < -0.3 is 15.7 Å². The number of nitrogens with zero attached hydrogens (tertiary/aromatic N) is 1. The van der Waals surface area contributed by atoms with Crippen LogP contribution in [0.5, 0.6) is 0 Å². The normalized spacial score (nSPS) is 11.7. The molecule has 4 heteroatoms. The molecule has 0 aliphatic carbocycles. The van der Waals surface area contributed by atoms with E-state index in [2.05, 4.69) is 28.8 Å². The highest BCUT2D eigenvalue weighted by molar-refractivity contribution is 5.36. The van der Waals surface area contributed by atoms with E-state index in [1.165, 1.54) is 5.56 Å². The molecular formula is C15H23N3O. The Bertz CT molecular complexity index is 418. The molecule has 104 valence electrons. The number of anilines is 1. The molecule has 1 rings (SSSR count). The summed E-state index contributed by atoms with van der Waals surface area (Å²) in [5.74, 6) is 0.901. The molecule has 0 spiro atoms. The summed E-state index contributed by atoms with van der Waals surface area (Å²) in [5, 5.41) is 15.4. The maximum atomic E-state index is 9.03. The van der Waals surface area contributed by atoms with Crippen LogP contribution in [0.3, 0.4) is 0 Å². The van der Waals surface area contributed by atoms with Gasteiger partial charge in [0.25, 0.3) is 0 Å². The molecule has 0 fully saturated rings. The molecule has 0 saturated heterocycles. The van der Waals surface area contributed by atoms with E-state index < -0.39 is 0 Å². The molecule has 0 saturated carbocycles. The molecule has 1 unspecified atom stereocenters. The zero-order chi connectivity index (χ0) is 14.1. The molecular weight excluding hydrogens is 238 g/mol. The van der Waals surface area contributed by atoms with Crippen molar-refractivity contribution in [1.29, 1.82) is 0 Å². The Morgan fingerprint density at radius 3 is 3.00 bits per heavy atom. The van der Waals surface area contributed by atoms with Crippen molar-refractivity contribution < 1.29 is 5.11 Å². The van der Waals surface area contributed by atoms with Crippen LogP contribution in [0.15, 0.2) is 43.3 Å². The van der Waals surface area contributed by atoms with Crippen LogP contribution in [-0.2, 0) is 0 Å². The first-order chi connectivity index (χ1) is 9.15. The van der Waals surface area contributed by atoms with E-state index in [0.29, 0.717) is 0 Å². The van der Waals surface area contributed by atoms with Gasteiger partial charge in [-0.05, 0) is 37.5 Å². The number of hydrogen-bond acceptors (Lipinski definition) is 4. The van der Waals surface area contributed by atoms with Crippen LogP contribution in [0.2, 0.25) is 0 Å². The van der Waals surface area contributed by atoms with Gasteiger partial charge in [-0.1, -0.05) is 12.7 Å². The maximum Gasteiger partial charge on any atom is 0.126 e. The van der Waals surface area contributed by atoms with Crippen molar-refractivity contribution in [1.82, 2.24) is 10.3 Å².